The highest BCUT2D eigenvalue weighted by molar-refractivity contribution is 6.32. The Morgan fingerprint density at radius 1 is 0.840 bits per heavy atom. The van der Waals surface area contributed by atoms with Gasteiger partial charge in [0.1, 0.15) is 11.5 Å². The van der Waals surface area contributed by atoms with Gasteiger partial charge in [-0.3, -0.25) is 24.1 Å². The summed E-state index contributed by atoms with van der Waals surface area (Å²) in [4.78, 5) is 61.8. The minimum absolute atomic E-state index is 0.0905. The van der Waals surface area contributed by atoms with Gasteiger partial charge in [-0.15, -0.1) is 0 Å². The van der Waals surface area contributed by atoms with Crippen LogP contribution >= 0.6 is 11.6 Å². The van der Waals surface area contributed by atoms with Crippen LogP contribution in [0.4, 0.5) is 5.69 Å². The number of carbonyl (C=O) groups excluding carboxylic acids is 4. The molecule has 2 saturated heterocycles. The van der Waals surface area contributed by atoms with E-state index in [1.807, 2.05) is 30.3 Å². The number of aromatic hydroxyl groups is 1. The Balaban J connectivity index is 1.24. The number of hydrogen-bond acceptors (Lipinski definition) is 6. The molecular weight excluding hydrogens is 652 g/mol. The summed E-state index contributed by atoms with van der Waals surface area (Å²) in [5, 5.41) is 10.8. The lowest BCUT2D eigenvalue weighted by molar-refractivity contribution is -0.144. The molecule has 3 aromatic rings. The molecule has 0 unspecified atom stereocenters. The van der Waals surface area contributed by atoms with Crippen molar-refractivity contribution in [3.63, 3.8) is 0 Å². The minimum atomic E-state index is -1.37. The zero-order valence-corrected chi connectivity index (χ0v) is 28.2. The second-order valence-electron chi connectivity index (χ2n) is 14.7. The molecule has 9 heteroatoms. The van der Waals surface area contributed by atoms with Crippen molar-refractivity contribution in [2.24, 2.45) is 29.6 Å². The molecule has 8 nitrogen and oxygen atoms in total. The van der Waals surface area contributed by atoms with Crippen LogP contribution in [0.5, 0.6) is 11.5 Å². The number of amides is 4. The standard InChI is InChI=1S/C41H37ClN2O6/c42-26-10-7-13-28(20-26)44-38(47)33-21-32-30(15-16-31-35(32)39(48)43(37(31)46)27-11-5-2-6-12-27)36(41(33,40(44)49)25-8-3-1-4-9-25)24-18-23-19-29(45)14-17-34(23)50-22-24/h1,3-4,7-10,13-15,17,19-20,22,27,31-33,35-36,45H,2,5-6,11-12,16,18,21H2/t31-,32+,33-,35-,36-,41+/m0/s1. The molecule has 2 saturated carbocycles. The molecule has 6 aliphatic rings. The van der Waals surface area contributed by atoms with Crippen LogP contribution in [0, 0.1) is 29.6 Å². The Hall–Kier alpha value is -4.69. The van der Waals surface area contributed by atoms with Crippen LogP contribution in [-0.4, -0.2) is 39.7 Å². The maximum absolute atomic E-state index is 15.4. The molecule has 254 valence electrons. The number of rotatable bonds is 4. The number of halogens is 1. The van der Waals surface area contributed by atoms with Crippen LogP contribution in [0.25, 0.3) is 0 Å². The topological polar surface area (TPSA) is 104 Å². The lowest BCUT2D eigenvalue weighted by Gasteiger charge is -2.51. The number of hydrogen-bond donors (Lipinski definition) is 1. The summed E-state index contributed by atoms with van der Waals surface area (Å²) in [6.07, 6.45) is 9.53. The van der Waals surface area contributed by atoms with Gasteiger partial charge in [0.15, 0.2) is 0 Å². The normalized spacial score (nSPS) is 30.6. The van der Waals surface area contributed by atoms with Gasteiger partial charge in [-0.25, -0.2) is 4.90 Å². The fourth-order valence-corrected chi connectivity index (χ4v) is 10.5. The maximum Gasteiger partial charge on any atom is 0.246 e. The first kappa shape index (κ1) is 31.3. The number of imide groups is 2. The van der Waals surface area contributed by atoms with Crippen molar-refractivity contribution in [3.8, 4) is 11.5 Å². The zero-order valence-electron chi connectivity index (χ0n) is 27.5. The third kappa shape index (κ3) is 4.43. The van der Waals surface area contributed by atoms with E-state index in [9.17, 15) is 19.5 Å². The number of ether oxygens (including phenoxy) is 1. The molecule has 1 N–H and O–H groups in total. The van der Waals surface area contributed by atoms with E-state index in [0.29, 0.717) is 34.9 Å². The molecule has 3 aromatic carbocycles. The second-order valence-corrected chi connectivity index (χ2v) is 15.1. The summed E-state index contributed by atoms with van der Waals surface area (Å²) >= 11 is 6.42. The minimum Gasteiger partial charge on any atom is -0.508 e. The van der Waals surface area contributed by atoms with Gasteiger partial charge in [0, 0.05) is 29.0 Å². The lowest BCUT2D eigenvalue weighted by Crippen LogP contribution is -2.55. The van der Waals surface area contributed by atoms with Gasteiger partial charge in [-0.2, -0.15) is 0 Å². The second kappa shape index (κ2) is 11.7. The summed E-state index contributed by atoms with van der Waals surface area (Å²) in [5.74, 6) is -3.24. The molecule has 4 amide bonds. The number of fused-ring (bicyclic) bond motifs is 5. The number of allylic oxidation sites excluding steroid dienone is 3. The first-order chi connectivity index (χ1) is 24.3. The van der Waals surface area contributed by atoms with E-state index in [0.717, 1.165) is 48.8 Å². The van der Waals surface area contributed by atoms with Crippen molar-refractivity contribution in [2.45, 2.75) is 62.8 Å². The van der Waals surface area contributed by atoms with Gasteiger partial charge in [0.25, 0.3) is 0 Å². The average molecular weight is 689 g/mol. The van der Waals surface area contributed by atoms with Gasteiger partial charge in [-0.05, 0) is 79.1 Å². The van der Waals surface area contributed by atoms with Crippen molar-refractivity contribution < 1.29 is 29.0 Å². The largest absolute Gasteiger partial charge is 0.508 e. The van der Waals surface area contributed by atoms with Gasteiger partial charge < -0.3 is 9.84 Å². The van der Waals surface area contributed by atoms with Crippen LogP contribution in [0.1, 0.15) is 56.1 Å². The number of anilines is 1. The first-order valence-electron chi connectivity index (χ1n) is 17.7. The van der Waals surface area contributed by atoms with Crippen LogP contribution in [0.3, 0.4) is 0 Å². The van der Waals surface area contributed by atoms with Crippen molar-refractivity contribution in [1.29, 1.82) is 0 Å². The predicted octanol–water partition coefficient (Wildman–Crippen LogP) is 6.89. The molecule has 4 fully saturated rings. The SMILES string of the molecule is O=C1[C@@H]2C[C@@H]3C(=CC[C@@H]4C(=O)N(C5CCCCC5)C(=O)[C@@H]43)[C@H](C3=COc4ccc(O)cc4C3)[C@]2(c2ccccc2)C(=O)N1c1cccc(Cl)c1. The summed E-state index contributed by atoms with van der Waals surface area (Å²) in [6.45, 7) is 0. The molecule has 3 aliphatic carbocycles. The van der Waals surface area contributed by atoms with E-state index >= 15 is 4.79 Å². The molecule has 0 spiro atoms. The third-order valence-corrected chi connectivity index (χ3v) is 12.5. The monoisotopic (exact) mass is 688 g/mol. The van der Waals surface area contributed by atoms with Crippen LogP contribution < -0.4 is 9.64 Å². The fraction of sp³-hybridized carbons (Fsp3) is 0.366. The van der Waals surface area contributed by atoms with Gasteiger partial charge in [0.05, 0.1) is 35.1 Å². The van der Waals surface area contributed by atoms with E-state index in [1.165, 1.54) is 4.90 Å². The molecule has 0 aromatic heterocycles. The number of nitrogens with zero attached hydrogens (tertiary/aromatic N) is 2. The van der Waals surface area contributed by atoms with Crippen molar-refractivity contribution in [1.82, 2.24) is 4.90 Å². The Kier molecular flexibility index (Phi) is 7.32. The highest BCUT2D eigenvalue weighted by atomic mass is 35.5. The molecule has 0 bridgehead atoms. The summed E-state index contributed by atoms with van der Waals surface area (Å²) in [6, 6.07) is 21.1. The van der Waals surface area contributed by atoms with Crippen LogP contribution in [-0.2, 0) is 31.0 Å². The van der Waals surface area contributed by atoms with E-state index in [-0.39, 0.29) is 41.8 Å². The van der Waals surface area contributed by atoms with E-state index in [2.05, 4.69) is 6.08 Å². The molecule has 3 aliphatic heterocycles. The van der Waals surface area contributed by atoms with Crippen LogP contribution in [0.15, 0.2) is 96.3 Å². The summed E-state index contributed by atoms with van der Waals surface area (Å²) < 4.78 is 6.21. The smallest absolute Gasteiger partial charge is 0.246 e. The molecule has 3 heterocycles. The maximum atomic E-state index is 15.4. The lowest BCUT2D eigenvalue weighted by atomic mass is 9.48. The van der Waals surface area contributed by atoms with Gasteiger partial charge >= 0.3 is 0 Å². The molecule has 6 atom stereocenters. The Morgan fingerprint density at radius 2 is 1.64 bits per heavy atom. The van der Waals surface area contributed by atoms with E-state index in [1.54, 1.807) is 53.6 Å². The Bertz CT molecular complexity index is 2020. The predicted molar refractivity (Wildman–Crippen MR) is 186 cm³/mol. The highest BCUT2D eigenvalue weighted by Gasteiger charge is 2.70. The van der Waals surface area contributed by atoms with Crippen molar-refractivity contribution in [3.05, 3.63) is 112 Å². The number of benzene rings is 3. The zero-order chi connectivity index (χ0) is 34.3. The van der Waals surface area contributed by atoms with Gasteiger partial charge in [0.2, 0.25) is 23.6 Å². The quantitative estimate of drug-likeness (QED) is 0.237. The molecule has 9 rings (SSSR count). The number of carbonyl (C=O) groups is 4. The summed E-state index contributed by atoms with van der Waals surface area (Å²) in [5.41, 5.74) is 2.18. The van der Waals surface area contributed by atoms with E-state index < -0.39 is 35.0 Å². The summed E-state index contributed by atoms with van der Waals surface area (Å²) in [7, 11) is 0. The Labute approximate surface area is 295 Å². The third-order valence-electron chi connectivity index (χ3n) is 12.3. The highest BCUT2D eigenvalue weighted by Crippen LogP contribution is 2.64. The van der Waals surface area contributed by atoms with Crippen molar-refractivity contribution in [2.75, 3.05) is 4.90 Å². The van der Waals surface area contributed by atoms with Crippen molar-refractivity contribution >= 4 is 40.9 Å². The van der Waals surface area contributed by atoms with E-state index in [4.69, 9.17) is 16.3 Å². The number of phenols is 1. The average Bonchev–Trinajstić information content (AvgIpc) is 3.52. The Morgan fingerprint density at radius 3 is 2.42 bits per heavy atom. The molecular formula is C41H37ClN2O6. The van der Waals surface area contributed by atoms with Gasteiger partial charge in [-0.1, -0.05) is 78.9 Å². The fourth-order valence-electron chi connectivity index (χ4n) is 10.3. The number of likely N-dealkylation sites (tertiary alicyclic amines) is 1. The van der Waals surface area contributed by atoms with Crippen LogP contribution in [0.2, 0.25) is 5.02 Å². The number of phenolic OH excluding ortho intramolecular Hbond substituents is 1. The first-order valence-corrected chi connectivity index (χ1v) is 18.1. The molecule has 50 heavy (non-hydrogen) atoms. The molecule has 0 radical (unpaired) electrons.